The van der Waals surface area contributed by atoms with Crippen LogP contribution in [0.5, 0.6) is 0 Å². The molecule has 0 saturated carbocycles. The smallest absolute Gasteiger partial charge is 0.288 e. The van der Waals surface area contributed by atoms with Crippen molar-refractivity contribution >= 4 is 0 Å². The van der Waals surface area contributed by atoms with Crippen molar-refractivity contribution in [2.24, 2.45) is 0 Å². The zero-order valence-corrected chi connectivity index (χ0v) is 9.49. The minimum absolute atomic E-state index is 0.152. The Hall–Kier alpha value is -0.970. The van der Waals surface area contributed by atoms with E-state index in [9.17, 15) is 8.78 Å². The van der Waals surface area contributed by atoms with E-state index in [4.69, 9.17) is 0 Å². The summed E-state index contributed by atoms with van der Waals surface area (Å²) in [7, 11) is 1.83. The molecule has 5 heteroatoms. The first-order valence-electron chi connectivity index (χ1n) is 4.95. The van der Waals surface area contributed by atoms with Gasteiger partial charge in [0.05, 0.1) is 0 Å². The van der Waals surface area contributed by atoms with Crippen LogP contribution in [0.25, 0.3) is 0 Å². The summed E-state index contributed by atoms with van der Waals surface area (Å²) >= 11 is 0. The van der Waals surface area contributed by atoms with Crippen molar-refractivity contribution in [1.29, 1.82) is 0 Å². The van der Waals surface area contributed by atoms with Crippen LogP contribution in [0.4, 0.5) is 8.78 Å². The van der Waals surface area contributed by atoms with Crippen molar-refractivity contribution in [2.45, 2.75) is 39.2 Å². The average Bonchev–Trinajstić information content (AvgIpc) is 2.45. The summed E-state index contributed by atoms with van der Waals surface area (Å²) in [5, 5.41) is 3.03. The molecule has 0 bridgehead atoms. The van der Waals surface area contributed by atoms with Gasteiger partial charge in [0, 0.05) is 25.1 Å². The Morgan fingerprint density at radius 3 is 2.53 bits per heavy atom. The highest BCUT2D eigenvalue weighted by Gasteiger charge is 2.30. The summed E-state index contributed by atoms with van der Waals surface area (Å²) in [4.78, 5) is 6.81. The number of aryl methyl sites for hydroxylation is 1. The van der Waals surface area contributed by atoms with Gasteiger partial charge in [0.25, 0.3) is 5.92 Å². The summed E-state index contributed by atoms with van der Waals surface area (Å²) in [6.07, 6.45) is 0.618. The number of nitrogens with zero attached hydrogens (tertiary/aromatic N) is 1. The molecule has 1 unspecified atom stereocenters. The van der Waals surface area contributed by atoms with Gasteiger partial charge in [0.15, 0.2) is 0 Å². The van der Waals surface area contributed by atoms with E-state index in [-0.39, 0.29) is 11.7 Å². The average molecular weight is 217 g/mol. The Kier molecular flexibility index (Phi) is 3.44. The number of hydrogen-bond acceptors (Lipinski definition) is 2. The number of imidazole rings is 1. The van der Waals surface area contributed by atoms with Crippen molar-refractivity contribution in [2.75, 3.05) is 7.05 Å². The van der Waals surface area contributed by atoms with Crippen LogP contribution in [-0.2, 0) is 12.3 Å². The van der Waals surface area contributed by atoms with Crippen LogP contribution in [-0.4, -0.2) is 23.1 Å². The molecule has 15 heavy (non-hydrogen) atoms. The van der Waals surface area contributed by atoms with Crippen LogP contribution in [0.3, 0.4) is 0 Å². The number of halogens is 2. The number of likely N-dealkylation sites (N-methyl/N-ethyl adjacent to an activating group) is 1. The van der Waals surface area contributed by atoms with E-state index < -0.39 is 5.92 Å². The van der Waals surface area contributed by atoms with Crippen LogP contribution >= 0.6 is 0 Å². The second-order valence-electron chi connectivity index (χ2n) is 3.94. The van der Waals surface area contributed by atoms with Gasteiger partial charge in [0.2, 0.25) is 0 Å². The molecule has 2 N–H and O–H groups in total. The molecule has 86 valence electrons. The number of aromatic nitrogens is 2. The molecular formula is C10H17F2N3. The van der Waals surface area contributed by atoms with Gasteiger partial charge in [-0.05, 0) is 20.9 Å². The lowest BCUT2D eigenvalue weighted by atomic mass is 10.2. The van der Waals surface area contributed by atoms with Crippen molar-refractivity contribution in [3.63, 3.8) is 0 Å². The first-order chi connectivity index (χ1) is 6.84. The van der Waals surface area contributed by atoms with E-state index in [1.165, 1.54) is 0 Å². The molecule has 1 aromatic heterocycles. The number of rotatable bonds is 4. The molecular weight excluding hydrogens is 200 g/mol. The van der Waals surface area contributed by atoms with Gasteiger partial charge in [-0.2, -0.15) is 8.78 Å². The third-order valence-electron chi connectivity index (χ3n) is 2.34. The van der Waals surface area contributed by atoms with Crippen molar-refractivity contribution < 1.29 is 8.78 Å². The summed E-state index contributed by atoms with van der Waals surface area (Å²) in [6.45, 7) is 4.45. The molecule has 1 heterocycles. The van der Waals surface area contributed by atoms with Crippen LogP contribution in [0.1, 0.15) is 31.1 Å². The quantitative estimate of drug-likeness (QED) is 0.809. The number of alkyl halides is 2. The number of nitrogens with one attached hydrogen (secondary N) is 2. The maximum Gasteiger partial charge on any atom is 0.288 e. The number of H-pyrrole nitrogens is 1. The second-order valence-corrected chi connectivity index (χ2v) is 3.94. The predicted octanol–water partition coefficient (Wildman–Crippen LogP) is 1.98. The highest BCUT2D eigenvalue weighted by molar-refractivity contribution is 5.17. The molecule has 3 nitrogen and oxygen atoms in total. The van der Waals surface area contributed by atoms with Gasteiger partial charge in [-0.25, -0.2) is 4.98 Å². The van der Waals surface area contributed by atoms with E-state index in [2.05, 4.69) is 15.3 Å². The topological polar surface area (TPSA) is 40.7 Å². The summed E-state index contributed by atoms with van der Waals surface area (Å²) in [6, 6.07) is 0.217. The molecule has 0 amide bonds. The van der Waals surface area contributed by atoms with E-state index >= 15 is 0 Å². The lowest BCUT2D eigenvalue weighted by Crippen LogP contribution is -2.24. The lowest BCUT2D eigenvalue weighted by molar-refractivity contribution is 0.0124. The van der Waals surface area contributed by atoms with Crippen molar-refractivity contribution in [3.05, 3.63) is 17.2 Å². The molecule has 1 atom stereocenters. The van der Waals surface area contributed by atoms with E-state index in [0.717, 1.165) is 6.92 Å². The molecule has 0 saturated heterocycles. The van der Waals surface area contributed by atoms with Crippen LogP contribution in [0.15, 0.2) is 0 Å². The molecule has 0 aliphatic carbocycles. The van der Waals surface area contributed by atoms with Crippen LogP contribution in [0, 0.1) is 6.92 Å². The Balaban J connectivity index is 2.86. The summed E-state index contributed by atoms with van der Waals surface area (Å²) in [5.74, 6) is -2.27. The molecule has 0 aliphatic heterocycles. The maximum atomic E-state index is 13.0. The SMILES string of the molecule is CNC(C)Cc1nc(C(C)(F)F)c(C)[nH]1. The van der Waals surface area contributed by atoms with Gasteiger partial charge in [-0.15, -0.1) is 0 Å². The van der Waals surface area contributed by atoms with Gasteiger partial charge in [-0.3, -0.25) is 0 Å². The molecule has 0 radical (unpaired) electrons. The van der Waals surface area contributed by atoms with Crippen molar-refractivity contribution in [3.8, 4) is 0 Å². The zero-order valence-electron chi connectivity index (χ0n) is 9.49. The predicted molar refractivity (Wildman–Crippen MR) is 55.1 cm³/mol. The van der Waals surface area contributed by atoms with Crippen LogP contribution in [0.2, 0.25) is 0 Å². The van der Waals surface area contributed by atoms with E-state index in [1.807, 2.05) is 14.0 Å². The normalized spacial score (nSPS) is 14.3. The van der Waals surface area contributed by atoms with Crippen LogP contribution < -0.4 is 5.32 Å². The van der Waals surface area contributed by atoms with Crippen molar-refractivity contribution in [1.82, 2.24) is 15.3 Å². The largest absolute Gasteiger partial charge is 0.346 e. The van der Waals surface area contributed by atoms with Gasteiger partial charge >= 0.3 is 0 Å². The third-order valence-corrected chi connectivity index (χ3v) is 2.34. The summed E-state index contributed by atoms with van der Waals surface area (Å²) in [5.41, 5.74) is 0.293. The van der Waals surface area contributed by atoms with E-state index in [1.54, 1.807) is 6.92 Å². The minimum Gasteiger partial charge on any atom is -0.346 e. The first-order valence-corrected chi connectivity index (χ1v) is 4.95. The highest BCUT2D eigenvalue weighted by Crippen LogP contribution is 2.27. The molecule has 1 aromatic rings. The molecule has 0 spiro atoms. The van der Waals surface area contributed by atoms with Gasteiger partial charge in [-0.1, -0.05) is 0 Å². The lowest BCUT2D eigenvalue weighted by Gasteiger charge is -2.07. The fourth-order valence-corrected chi connectivity index (χ4v) is 1.44. The molecule has 0 aromatic carbocycles. The zero-order chi connectivity index (χ0) is 11.6. The van der Waals surface area contributed by atoms with Gasteiger partial charge in [0.1, 0.15) is 11.5 Å². The second kappa shape index (κ2) is 4.26. The monoisotopic (exact) mass is 217 g/mol. The molecule has 1 rings (SSSR count). The Bertz CT molecular complexity index is 328. The fraction of sp³-hybridized carbons (Fsp3) is 0.700. The Morgan fingerprint density at radius 1 is 1.53 bits per heavy atom. The van der Waals surface area contributed by atoms with Gasteiger partial charge < -0.3 is 10.3 Å². The first kappa shape index (κ1) is 12.1. The highest BCUT2D eigenvalue weighted by atomic mass is 19.3. The molecule has 0 aliphatic rings. The fourth-order valence-electron chi connectivity index (χ4n) is 1.44. The van der Waals surface area contributed by atoms with E-state index in [0.29, 0.717) is 17.9 Å². The maximum absolute atomic E-state index is 13.0. The number of hydrogen-bond donors (Lipinski definition) is 2. The Labute approximate surface area is 88.3 Å². The third kappa shape index (κ3) is 2.99. The standard InChI is InChI=1S/C10H17F2N3/c1-6(13-4)5-8-14-7(2)9(15-8)10(3,11)12/h6,13H,5H2,1-4H3,(H,14,15). The summed E-state index contributed by atoms with van der Waals surface area (Å²) < 4.78 is 26.1. The number of aromatic amines is 1. The Morgan fingerprint density at radius 2 is 2.13 bits per heavy atom. The molecule has 0 fully saturated rings. The minimum atomic E-state index is -2.87.